The summed E-state index contributed by atoms with van der Waals surface area (Å²) in [5, 5.41) is 11.2. The van der Waals surface area contributed by atoms with Gasteiger partial charge in [-0.2, -0.15) is 13.4 Å². The summed E-state index contributed by atoms with van der Waals surface area (Å²) in [6, 6.07) is 9.13. The van der Waals surface area contributed by atoms with Crippen LogP contribution in [-0.2, 0) is 14.9 Å². The van der Waals surface area contributed by atoms with Crippen LogP contribution in [0.15, 0.2) is 57.3 Å². The number of nitrogens with zero attached hydrogens (tertiary/aromatic N) is 2. The van der Waals surface area contributed by atoms with E-state index in [2.05, 4.69) is 4.99 Å². The molecule has 29 heavy (non-hydrogen) atoms. The zero-order valence-electron chi connectivity index (χ0n) is 14.8. The first-order valence-electron chi connectivity index (χ1n) is 7.85. The average Bonchev–Trinajstić information content (AvgIpc) is 2.98. The molecular weight excluding hydrogens is 422 g/mol. The van der Waals surface area contributed by atoms with Crippen LogP contribution < -0.4 is 14.7 Å². The van der Waals surface area contributed by atoms with Crippen molar-refractivity contribution in [2.45, 2.75) is 4.90 Å². The minimum absolute atomic E-state index is 0.0791. The largest absolute Gasteiger partial charge is 0.493 e. The molecule has 2 aromatic rings. The van der Waals surface area contributed by atoms with Crippen LogP contribution in [-0.4, -0.2) is 31.5 Å². The number of hydrogen-bond acceptors (Lipinski definition) is 9. The summed E-state index contributed by atoms with van der Waals surface area (Å²) >= 11 is 0.974. The minimum Gasteiger partial charge on any atom is -0.493 e. The molecule has 1 aliphatic heterocycles. The van der Waals surface area contributed by atoms with Gasteiger partial charge in [0.15, 0.2) is 21.6 Å². The predicted octanol–water partition coefficient (Wildman–Crippen LogP) is 2.30. The van der Waals surface area contributed by atoms with E-state index < -0.39 is 31.5 Å². The highest BCUT2D eigenvalue weighted by molar-refractivity contribution is 8.18. The number of methoxy groups -OCH3 is 1. The van der Waals surface area contributed by atoms with Crippen molar-refractivity contribution >= 4 is 44.7 Å². The maximum absolute atomic E-state index is 12.7. The lowest BCUT2D eigenvalue weighted by atomic mass is 10.2. The van der Waals surface area contributed by atoms with E-state index >= 15 is 0 Å². The van der Waals surface area contributed by atoms with E-state index in [4.69, 9.17) is 14.7 Å². The normalized spacial score (nSPS) is 15.3. The maximum Gasteiger partial charge on any atom is 0.346 e. The van der Waals surface area contributed by atoms with Crippen LogP contribution in [0.1, 0.15) is 5.56 Å². The summed E-state index contributed by atoms with van der Waals surface area (Å²) in [6.07, 6.45) is 1.46. The van der Waals surface area contributed by atoms with E-state index in [9.17, 15) is 23.3 Å². The zero-order chi connectivity index (χ0) is 21.2. The molecular formula is C17H13N3O7S2. The summed E-state index contributed by atoms with van der Waals surface area (Å²) in [4.78, 5) is 25.3. The van der Waals surface area contributed by atoms with Crippen molar-refractivity contribution in [3.8, 4) is 11.5 Å². The third-order valence-corrected chi connectivity index (χ3v) is 5.75. The topological polar surface area (TPSA) is 151 Å². The van der Waals surface area contributed by atoms with E-state index in [1.807, 2.05) is 0 Å². The number of amides is 1. The van der Waals surface area contributed by atoms with Crippen LogP contribution in [0.4, 0.5) is 5.69 Å². The quantitative estimate of drug-likeness (QED) is 0.312. The second-order valence-electron chi connectivity index (χ2n) is 5.54. The molecule has 1 aliphatic rings. The van der Waals surface area contributed by atoms with Gasteiger partial charge >= 0.3 is 10.1 Å². The summed E-state index contributed by atoms with van der Waals surface area (Å²) < 4.78 is 35.5. The van der Waals surface area contributed by atoms with E-state index in [1.165, 1.54) is 37.5 Å². The van der Waals surface area contributed by atoms with Crippen molar-refractivity contribution in [2.75, 3.05) is 7.11 Å². The highest BCUT2D eigenvalue weighted by atomic mass is 32.2. The van der Waals surface area contributed by atoms with Gasteiger partial charge in [0.1, 0.15) is 0 Å². The lowest BCUT2D eigenvalue weighted by molar-refractivity contribution is -0.387. The molecule has 0 unspecified atom stereocenters. The van der Waals surface area contributed by atoms with E-state index in [0.29, 0.717) is 5.56 Å². The second-order valence-corrected chi connectivity index (χ2v) is 8.12. The average molecular weight is 435 g/mol. The van der Waals surface area contributed by atoms with Crippen molar-refractivity contribution in [3.05, 3.63) is 63.0 Å². The van der Waals surface area contributed by atoms with Gasteiger partial charge in [0.05, 0.1) is 16.9 Å². The van der Waals surface area contributed by atoms with Gasteiger partial charge < -0.3 is 14.7 Å². The lowest BCUT2D eigenvalue weighted by Gasteiger charge is -2.11. The number of hydrogen-bond donors (Lipinski definition) is 1. The van der Waals surface area contributed by atoms with Gasteiger partial charge in [-0.25, -0.2) is 0 Å². The molecule has 150 valence electrons. The number of nitro benzene ring substituents is 1. The maximum atomic E-state index is 12.7. The fraction of sp³-hybridized carbons (Fsp3) is 0.0588. The Bertz CT molecular complexity index is 1170. The van der Waals surface area contributed by atoms with Crippen LogP contribution in [0.2, 0.25) is 0 Å². The first-order chi connectivity index (χ1) is 13.7. The van der Waals surface area contributed by atoms with Crippen molar-refractivity contribution in [1.29, 1.82) is 0 Å². The van der Waals surface area contributed by atoms with Crippen molar-refractivity contribution in [2.24, 2.45) is 10.7 Å². The third kappa shape index (κ3) is 4.38. The number of nitro groups is 1. The molecule has 10 nitrogen and oxygen atoms in total. The Hall–Kier alpha value is -3.38. The molecule has 0 spiro atoms. The van der Waals surface area contributed by atoms with Gasteiger partial charge in [-0.1, -0.05) is 18.2 Å². The van der Waals surface area contributed by atoms with Gasteiger partial charge in [-0.05, 0) is 41.6 Å². The lowest BCUT2D eigenvalue weighted by Crippen LogP contribution is -2.12. The summed E-state index contributed by atoms with van der Waals surface area (Å²) in [6.45, 7) is 0. The monoisotopic (exact) mass is 435 g/mol. The predicted molar refractivity (Wildman–Crippen MR) is 106 cm³/mol. The molecule has 0 saturated carbocycles. The highest BCUT2D eigenvalue weighted by Crippen LogP contribution is 2.34. The first kappa shape index (κ1) is 20.4. The molecule has 0 fully saturated rings. The molecule has 0 atom stereocenters. The number of amidine groups is 1. The highest BCUT2D eigenvalue weighted by Gasteiger charge is 2.28. The number of aliphatic imine (C=N–C) groups is 1. The molecule has 0 bridgehead atoms. The molecule has 12 heteroatoms. The number of carbonyl (C=O) groups excluding carboxylic acids is 1. The molecule has 0 radical (unpaired) electrons. The Labute approximate surface area is 169 Å². The van der Waals surface area contributed by atoms with Crippen LogP contribution in [0.5, 0.6) is 11.5 Å². The van der Waals surface area contributed by atoms with Crippen LogP contribution >= 0.6 is 11.8 Å². The number of rotatable bonds is 6. The number of carbonyl (C=O) groups is 1. The number of benzene rings is 2. The van der Waals surface area contributed by atoms with Crippen molar-refractivity contribution in [3.63, 3.8) is 0 Å². The molecule has 0 aliphatic carbocycles. The minimum atomic E-state index is -4.54. The molecule has 1 heterocycles. The van der Waals surface area contributed by atoms with E-state index in [-0.39, 0.29) is 21.6 Å². The van der Waals surface area contributed by atoms with Gasteiger partial charge in [0.2, 0.25) is 0 Å². The standard InChI is InChI=1S/C17H13N3O7S2/c1-26-12-7-6-10(9-14-16(21)19-17(18)28-14)8-13(12)27-29(24,25)15-5-3-2-4-11(15)20(22)23/h2-9H,1H3,(H2,18,19,21)/b14-9-. The third-order valence-electron chi connectivity index (χ3n) is 3.65. The number of nitrogens with two attached hydrogens (primary N) is 1. The molecule has 0 saturated heterocycles. The summed E-state index contributed by atoms with van der Waals surface area (Å²) in [5.74, 6) is -0.641. The summed E-state index contributed by atoms with van der Waals surface area (Å²) in [5.41, 5.74) is 5.30. The Morgan fingerprint density at radius 2 is 1.93 bits per heavy atom. The van der Waals surface area contributed by atoms with Crippen LogP contribution in [0.25, 0.3) is 6.08 Å². The summed E-state index contributed by atoms with van der Waals surface area (Å²) in [7, 11) is -3.23. The Morgan fingerprint density at radius 1 is 1.21 bits per heavy atom. The second kappa shape index (κ2) is 7.93. The van der Waals surface area contributed by atoms with Crippen molar-refractivity contribution in [1.82, 2.24) is 0 Å². The Morgan fingerprint density at radius 3 is 2.55 bits per heavy atom. The molecule has 2 N–H and O–H groups in total. The Balaban J connectivity index is 2.00. The van der Waals surface area contributed by atoms with Crippen LogP contribution in [0.3, 0.4) is 0 Å². The number of para-hydroxylation sites is 1. The number of ether oxygens (including phenoxy) is 1. The fourth-order valence-corrected chi connectivity index (χ4v) is 4.19. The first-order valence-corrected chi connectivity index (χ1v) is 10.1. The van der Waals surface area contributed by atoms with Crippen LogP contribution in [0, 0.1) is 10.1 Å². The van der Waals surface area contributed by atoms with Gasteiger partial charge in [-0.15, -0.1) is 0 Å². The van der Waals surface area contributed by atoms with Crippen molar-refractivity contribution < 1.29 is 27.1 Å². The van der Waals surface area contributed by atoms with E-state index in [1.54, 1.807) is 6.07 Å². The van der Waals surface area contributed by atoms with Gasteiger partial charge in [-0.3, -0.25) is 14.9 Å². The smallest absolute Gasteiger partial charge is 0.346 e. The molecule has 1 amide bonds. The van der Waals surface area contributed by atoms with Gasteiger partial charge in [0.25, 0.3) is 11.6 Å². The molecule has 0 aromatic heterocycles. The SMILES string of the molecule is COc1ccc(/C=C2\SC(N)=NC2=O)cc1OS(=O)(=O)c1ccccc1[N+](=O)[O-]. The van der Waals surface area contributed by atoms with Gasteiger partial charge in [0, 0.05) is 6.07 Å². The molecule has 3 rings (SSSR count). The number of thioether (sulfide) groups is 1. The zero-order valence-corrected chi connectivity index (χ0v) is 16.4. The fourth-order valence-electron chi connectivity index (χ4n) is 2.41. The molecule has 2 aromatic carbocycles. The Kier molecular flexibility index (Phi) is 5.57. The van der Waals surface area contributed by atoms with E-state index in [0.717, 1.165) is 23.9 Å².